The molecular weight excluding hydrogens is 425 g/mol. The summed E-state index contributed by atoms with van der Waals surface area (Å²) in [7, 11) is 0. The predicted molar refractivity (Wildman–Crippen MR) is 115 cm³/mol. The molecule has 0 radical (unpaired) electrons. The molecule has 0 aliphatic heterocycles. The quantitative estimate of drug-likeness (QED) is 0.611. The second-order valence-corrected chi connectivity index (χ2v) is 7.51. The standard InChI is InChI=1S/C22H19ClFN3O4/c1-22(31,13-19(25)28)21(30)27(15-7-5-14(23)6-8-15)18-10-9-16(12-17(18)24)26-11-3-2-4-20(26)29/h2-12,31H,13H2,1H3,(H2,25,28)/t22-/m1/s1. The molecular formula is C22H19ClFN3O4. The van der Waals surface area contributed by atoms with Crippen molar-refractivity contribution < 1.29 is 19.1 Å². The van der Waals surface area contributed by atoms with Gasteiger partial charge in [-0.05, 0) is 49.4 Å². The van der Waals surface area contributed by atoms with E-state index in [1.807, 2.05) is 0 Å². The number of nitrogens with zero attached hydrogens (tertiary/aromatic N) is 2. The Bertz CT molecular complexity index is 1190. The van der Waals surface area contributed by atoms with E-state index in [0.717, 1.165) is 17.9 Å². The maximum atomic E-state index is 15.2. The maximum absolute atomic E-state index is 15.2. The first-order valence-corrected chi connectivity index (χ1v) is 9.56. The van der Waals surface area contributed by atoms with Crippen molar-refractivity contribution in [1.29, 1.82) is 0 Å². The Kier molecular flexibility index (Phi) is 6.24. The van der Waals surface area contributed by atoms with Crippen LogP contribution in [-0.2, 0) is 9.59 Å². The van der Waals surface area contributed by atoms with Crippen LogP contribution in [0.1, 0.15) is 13.3 Å². The van der Waals surface area contributed by atoms with Crippen LogP contribution in [0, 0.1) is 5.82 Å². The number of pyridine rings is 1. The largest absolute Gasteiger partial charge is 0.380 e. The molecule has 0 aliphatic rings. The summed E-state index contributed by atoms with van der Waals surface area (Å²) in [5.41, 5.74) is 2.87. The van der Waals surface area contributed by atoms with Crippen molar-refractivity contribution >= 4 is 34.8 Å². The Morgan fingerprint density at radius 3 is 2.42 bits per heavy atom. The Balaban J connectivity index is 2.12. The Morgan fingerprint density at radius 2 is 1.84 bits per heavy atom. The molecule has 0 saturated carbocycles. The molecule has 1 aromatic heterocycles. The van der Waals surface area contributed by atoms with Crippen molar-refractivity contribution in [2.24, 2.45) is 5.73 Å². The maximum Gasteiger partial charge on any atom is 0.263 e. The molecule has 160 valence electrons. The van der Waals surface area contributed by atoms with Crippen LogP contribution in [0.3, 0.4) is 0 Å². The SMILES string of the molecule is C[C@@](O)(CC(N)=O)C(=O)N(c1ccc(Cl)cc1)c1ccc(-n2ccccc2=O)cc1F. The Labute approximate surface area is 182 Å². The number of benzene rings is 2. The Hall–Kier alpha value is -3.49. The van der Waals surface area contributed by atoms with Gasteiger partial charge in [-0.15, -0.1) is 0 Å². The van der Waals surface area contributed by atoms with E-state index < -0.39 is 29.7 Å². The van der Waals surface area contributed by atoms with Crippen molar-refractivity contribution in [3.05, 3.63) is 88.1 Å². The van der Waals surface area contributed by atoms with Gasteiger partial charge in [0.25, 0.3) is 11.5 Å². The molecule has 1 atom stereocenters. The minimum absolute atomic E-state index is 0.190. The summed E-state index contributed by atoms with van der Waals surface area (Å²) >= 11 is 5.91. The number of hydrogen-bond acceptors (Lipinski definition) is 4. The number of primary amides is 1. The number of carbonyl (C=O) groups is 2. The zero-order valence-electron chi connectivity index (χ0n) is 16.5. The average molecular weight is 444 g/mol. The van der Waals surface area contributed by atoms with Crippen molar-refractivity contribution in [2.45, 2.75) is 18.9 Å². The van der Waals surface area contributed by atoms with E-state index >= 15 is 4.39 Å². The van der Waals surface area contributed by atoms with Crippen LogP contribution in [-0.4, -0.2) is 27.1 Å². The number of anilines is 2. The van der Waals surface area contributed by atoms with Crippen LogP contribution in [0.15, 0.2) is 71.7 Å². The monoisotopic (exact) mass is 443 g/mol. The number of hydrogen-bond donors (Lipinski definition) is 2. The molecule has 0 saturated heterocycles. The smallest absolute Gasteiger partial charge is 0.263 e. The summed E-state index contributed by atoms with van der Waals surface area (Å²) in [6.45, 7) is 1.12. The second-order valence-electron chi connectivity index (χ2n) is 7.08. The molecule has 0 bridgehead atoms. The molecule has 3 N–H and O–H groups in total. The first kappa shape index (κ1) is 22.2. The van der Waals surface area contributed by atoms with Gasteiger partial charge in [0, 0.05) is 29.0 Å². The summed E-state index contributed by atoms with van der Waals surface area (Å²) < 4.78 is 16.4. The molecule has 31 heavy (non-hydrogen) atoms. The zero-order valence-corrected chi connectivity index (χ0v) is 17.2. The first-order valence-electron chi connectivity index (χ1n) is 9.18. The van der Waals surface area contributed by atoms with Crippen molar-refractivity contribution in [2.75, 3.05) is 4.90 Å². The molecule has 2 aromatic carbocycles. The van der Waals surface area contributed by atoms with E-state index in [0.29, 0.717) is 5.02 Å². The van der Waals surface area contributed by atoms with Crippen molar-refractivity contribution in [3.8, 4) is 5.69 Å². The third kappa shape index (κ3) is 4.82. The van der Waals surface area contributed by atoms with Crippen LogP contribution in [0.2, 0.25) is 5.02 Å². The van der Waals surface area contributed by atoms with Gasteiger partial charge in [0.15, 0.2) is 0 Å². The van der Waals surface area contributed by atoms with E-state index in [9.17, 15) is 19.5 Å². The van der Waals surface area contributed by atoms with Gasteiger partial charge in [0.1, 0.15) is 11.4 Å². The minimum Gasteiger partial charge on any atom is -0.380 e. The van der Waals surface area contributed by atoms with Gasteiger partial charge in [-0.3, -0.25) is 23.9 Å². The minimum atomic E-state index is -2.19. The molecule has 2 amide bonds. The van der Waals surface area contributed by atoms with Crippen molar-refractivity contribution in [3.63, 3.8) is 0 Å². The van der Waals surface area contributed by atoms with Gasteiger partial charge in [-0.2, -0.15) is 0 Å². The van der Waals surface area contributed by atoms with E-state index in [4.69, 9.17) is 17.3 Å². The van der Waals surface area contributed by atoms with E-state index in [1.165, 1.54) is 53.2 Å². The third-order valence-corrected chi connectivity index (χ3v) is 4.79. The molecule has 7 nitrogen and oxygen atoms in total. The molecule has 1 heterocycles. The molecule has 0 spiro atoms. The number of rotatable bonds is 6. The lowest BCUT2D eigenvalue weighted by molar-refractivity contribution is -0.139. The first-order chi connectivity index (χ1) is 14.6. The van der Waals surface area contributed by atoms with Gasteiger partial charge in [0.05, 0.1) is 17.8 Å². The summed E-state index contributed by atoms with van der Waals surface area (Å²) in [4.78, 5) is 37.5. The number of amides is 2. The van der Waals surface area contributed by atoms with E-state index in [1.54, 1.807) is 12.1 Å². The highest BCUT2D eigenvalue weighted by molar-refractivity contribution is 6.30. The highest BCUT2D eigenvalue weighted by Crippen LogP contribution is 2.33. The van der Waals surface area contributed by atoms with Crippen LogP contribution in [0.5, 0.6) is 0 Å². The molecule has 0 unspecified atom stereocenters. The summed E-state index contributed by atoms with van der Waals surface area (Å²) in [5, 5.41) is 11.0. The fraction of sp³-hybridized carbons (Fsp3) is 0.136. The number of aliphatic hydroxyl groups is 1. The average Bonchev–Trinajstić information content (AvgIpc) is 2.70. The molecule has 0 aliphatic carbocycles. The molecule has 9 heteroatoms. The Morgan fingerprint density at radius 1 is 1.16 bits per heavy atom. The van der Waals surface area contributed by atoms with Crippen LogP contribution >= 0.6 is 11.6 Å². The summed E-state index contributed by atoms with van der Waals surface area (Å²) in [5.74, 6) is -2.68. The third-order valence-electron chi connectivity index (χ3n) is 4.54. The highest BCUT2D eigenvalue weighted by atomic mass is 35.5. The van der Waals surface area contributed by atoms with E-state index in [2.05, 4.69) is 0 Å². The molecule has 3 rings (SSSR count). The number of carbonyl (C=O) groups excluding carboxylic acids is 2. The van der Waals surface area contributed by atoms with Crippen LogP contribution < -0.4 is 16.2 Å². The topological polar surface area (TPSA) is 106 Å². The van der Waals surface area contributed by atoms with E-state index in [-0.39, 0.29) is 22.6 Å². The van der Waals surface area contributed by atoms with Crippen molar-refractivity contribution in [1.82, 2.24) is 4.57 Å². The lowest BCUT2D eigenvalue weighted by atomic mass is 9.99. The number of nitrogens with two attached hydrogens (primary N) is 1. The van der Waals surface area contributed by atoms with Crippen LogP contribution in [0.4, 0.5) is 15.8 Å². The number of aromatic nitrogens is 1. The normalized spacial score (nSPS) is 12.8. The van der Waals surface area contributed by atoms with Crippen LogP contribution in [0.25, 0.3) is 5.69 Å². The fourth-order valence-electron chi connectivity index (χ4n) is 3.08. The fourth-order valence-corrected chi connectivity index (χ4v) is 3.21. The van der Waals surface area contributed by atoms with Gasteiger partial charge in [0.2, 0.25) is 5.91 Å². The lowest BCUT2D eigenvalue weighted by Gasteiger charge is -2.31. The van der Waals surface area contributed by atoms with Gasteiger partial charge >= 0.3 is 0 Å². The van der Waals surface area contributed by atoms with Gasteiger partial charge in [-0.25, -0.2) is 4.39 Å². The second kappa shape index (κ2) is 8.71. The summed E-state index contributed by atoms with van der Waals surface area (Å²) in [6, 6.07) is 14.3. The zero-order chi connectivity index (χ0) is 22.8. The summed E-state index contributed by atoms with van der Waals surface area (Å²) in [6.07, 6.45) is 0.825. The van der Waals surface area contributed by atoms with Gasteiger partial charge in [-0.1, -0.05) is 17.7 Å². The highest BCUT2D eigenvalue weighted by Gasteiger charge is 2.38. The molecule has 0 fully saturated rings. The molecule has 3 aromatic rings. The number of halogens is 2. The predicted octanol–water partition coefficient (Wildman–Crippen LogP) is 2.92. The lowest BCUT2D eigenvalue weighted by Crippen LogP contribution is -2.47. The van der Waals surface area contributed by atoms with Gasteiger partial charge < -0.3 is 10.8 Å².